The van der Waals surface area contributed by atoms with Gasteiger partial charge in [-0.1, -0.05) is 11.6 Å². The highest BCUT2D eigenvalue weighted by Crippen LogP contribution is 2.30. The van der Waals surface area contributed by atoms with E-state index in [1.54, 1.807) is 23.9 Å². The van der Waals surface area contributed by atoms with Crippen molar-refractivity contribution in [1.29, 1.82) is 0 Å². The Morgan fingerprint density at radius 3 is 2.56 bits per heavy atom. The molecule has 0 bridgehead atoms. The van der Waals surface area contributed by atoms with Crippen molar-refractivity contribution in [2.24, 2.45) is 5.84 Å². The third kappa shape index (κ3) is 3.70. The molecule has 0 aliphatic rings. The Balaban J connectivity index is 1.97. The molecule has 0 fully saturated rings. The molecule has 0 spiro atoms. The second-order valence-corrected chi connectivity index (χ2v) is 6.47. The zero-order valence-corrected chi connectivity index (χ0v) is 11.8. The molecule has 2 aromatic rings. The van der Waals surface area contributed by atoms with Crippen LogP contribution in [0.1, 0.15) is 10.9 Å². The van der Waals surface area contributed by atoms with E-state index in [4.69, 9.17) is 17.4 Å². The molecule has 96 valence electrons. The van der Waals surface area contributed by atoms with Crippen LogP contribution in [0.5, 0.6) is 0 Å². The lowest BCUT2D eigenvalue weighted by atomic mass is 10.3. The molecule has 1 atom stereocenters. The number of hydrazine groups is 1. The summed E-state index contributed by atoms with van der Waals surface area (Å²) >= 11 is 9.03. The van der Waals surface area contributed by atoms with Crippen LogP contribution in [-0.2, 0) is 0 Å². The lowest BCUT2D eigenvalue weighted by Crippen LogP contribution is -2.28. The molecule has 0 aliphatic heterocycles. The number of halogens is 2. The van der Waals surface area contributed by atoms with Crippen molar-refractivity contribution in [2.45, 2.75) is 10.9 Å². The molecule has 18 heavy (non-hydrogen) atoms. The van der Waals surface area contributed by atoms with Crippen molar-refractivity contribution < 1.29 is 4.39 Å². The third-order valence-corrected chi connectivity index (χ3v) is 4.82. The van der Waals surface area contributed by atoms with E-state index in [0.717, 1.165) is 19.9 Å². The van der Waals surface area contributed by atoms with Crippen LogP contribution in [0, 0.1) is 5.82 Å². The molecule has 1 unspecified atom stereocenters. The summed E-state index contributed by atoms with van der Waals surface area (Å²) in [5.41, 5.74) is 2.77. The van der Waals surface area contributed by atoms with Gasteiger partial charge in [0.2, 0.25) is 0 Å². The number of hydrogen-bond acceptors (Lipinski definition) is 4. The van der Waals surface area contributed by atoms with Gasteiger partial charge in [0.1, 0.15) is 5.82 Å². The Morgan fingerprint density at radius 2 is 2.00 bits per heavy atom. The number of benzene rings is 1. The Labute approximate surface area is 118 Å². The molecule has 1 aromatic carbocycles. The monoisotopic (exact) mass is 302 g/mol. The zero-order chi connectivity index (χ0) is 13.0. The minimum Gasteiger partial charge on any atom is -0.271 e. The van der Waals surface area contributed by atoms with Gasteiger partial charge < -0.3 is 0 Å². The van der Waals surface area contributed by atoms with E-state index < -0.39 is 0 Å². The largest absolute Gasteiger partial charge is 0.271 e. The first kappa shape index (κ1) is 13.8. The summed E-state index contributed by atoms with van der Waals surface area (Å²) in [5.74, 6) is 6.08. The SMILES string of the molecule is NNC(CSc1ccc(F)cc1)c1ccc(Cl)s1. The Morgan fingerprint density at radius 1 is 1.28 bits per heavy atom. The lowest BCUT2D eigenvalue weighted by molar-refractivity contribution is 0.620. The summed E-state index contributed by atoms with van der Waals surface area (Å²) in [5, 5.41) is 0. The van der Waals surface area contributed by atoms with Gasteiger partial charge in [-0.3, -0.25) is 11.3 Å². The summed E-state index contributed by atoms with van der Waals surface area (Å²) < 4.78 is 13.5. The normalized spacial score (nSPS) is 12.6. The van der Waals surface area contributed by atoms with Gasteiger partial charge in [-0.2, -0.15) is 0 Å². The summed E-state index contributed by atoms with van der Waals surface area (Å²) in [7, 11) is 0. The predicted octanol–water partition coefficient (Wildman–Crippen LogP) is 3.84. The summed E-state index contributed by atoms with van der Waals surface area (Å²) in [6.45, 7) is 0. The molecule has 0 amide bonds. The van der Waals surface area contributed by atoms with Crippen molar-refractivity contribution in [3.63, 3.8) is 0 Å². The smallest absolute Gasteiger partial charge is 0.123 e. The fraction of sp³-hybridized carbons (Fsp3) is 0.167. The molecule has 1 aromatic heterocycles. The summed E-state index contributed by atoms with van der Waals surface area (Å²) in [4.78, 5) is 2.11. The van der Waals surface area contributed by atoms with Gasteiger partial charge in [0, 0.05) is 15.5 Å². The number of nitrogens with one attached hydrogen (secondary N) is 1. The topological polar surface area (TPSA) is 38.0 Å². The number of thioether (sulfide) groups is 1. The molecular weight excluding hydrogens is 291 g/mol. The molecule has 0 saturated heterocycles. The second kappa shape index (κ2) is 6.54. The van der Waals surface area contributed by atoms with Gasteiger partial charge in [0.25, 0.3) is 0 Å². The van der Waals surface area contributed by atoms with Gasteiger partial charge in [0.05, 0.1) is 10.4 Å². The first-order chi connectivity index (χ1) is 8.69. The fourth-order valence-electron chi connectivity index (χ4n) is 1.44. The molecule has 3 N–H and O–H groups in total. The minimum absolute atomic E-state index is 0.0394. The summed E-state index contributed by atoms with van der Waals surface area (Å²) in [6.07, 6.45) is 0. The number of thiophene rings is 1. The zero-order valence-electron chi connectivity index (χ0n) is 9.40. The standard InChI is InChI=1S/C12H12ClFN2S2/c13-12-6-5-11(18-12)10(16-15)7-17-9-3-1-8(14)2-4-9/h1-6,10,16H,7,15H2. The Bertz CT molecular complexity index is 501. The molecule has 6 heteroatoms. The van der Waals surface area contributed by atoms with E-state index in [9.17, 15) is 4.39 Å². The molecule has 0 aliphatic carbocycles. The molecule has 2 rings (SSSR count). The van der Waals surface area contributed by atoms with Crippen molar-refractivity contribution in [2.75, 3.05) is 5.75 Å². The van der Waals surface area contributed by atoms with Crippen LogP contribution in [0.3, 0.4) is 0 Å². The van der Waals surface area contributed by atoms with E-state index >= 15 is 0 Å². The summed E-state index contributed by atoms with van der Waals surface area (Å²) in [6, 6.07) is 10.3. The Hall–Kier alpha value is -0.590. The van der Waals surface area contributed by atoms with E-state index in [1.807, 2.05) is 12.1 Å². The molecular formula is C12H12ClFN2S2. The van der Waals surface area contributed by atoms with Crippen LogP contribution in [-0.4, -0.2) is 5.75 Å². The third-order valence-electron chi connectivity index (χ3n) is 2.37. The van der Waals surface area contributed by atoms with Gasteiger partial charge >= 0.3 is 0 Å². The predicted molar refractivity (Wildman–Crippen MR) is 76.5 cm³/mol. The molecule has 1 heterocycles. The first-order valence-corrected chi connectivity index (χ1v) is 7.47. The second-order valence-electron chi connectivity index (χ2n) is 3.63. The van der Waals surface area contributed by atoms with Gasteiger partial charge in [-0.25, -0.2) is 4.39 Å². The van der Waals surface area contributed by atoms with Crippen molar-refractivity contribution in [3.8, 4) is 0 Å². The van der Waals surface area contributed by atoms with Gasteiger partial charge in [-0.15, -0.1) is 23.1 Å². The average Bonchev–Trinajstić information content (AvgIpc) is 2.79. The van der Waals surface area contributed by atoms with Crippen LogP contribution in [0.15, 0.2) is 41.3 Å². The minimum atomic E-state index is -0.224. The highest BCUT2D eigenvalue weighted by molar-refractivity contribution is 7.99. The number of rotatable bonds is 5. The van der Waals surface area contributed by atoms with E-state index in [-0.39, 0.29) is 11.9 Å². The van der Waals surface area contributed by atoms with Crippen LogP contribution in [0.2, 0.25) is 4.34 Å². The first-order valence-electron chi connectivity index (χ1n) is 5.29. The average molecular weight is 303 g/mol. The van der Waals surface area contributed by atoms with E-state index in [1.165, 1.54) is 23.5 Å². The van der Waals surface area contributed by atoms with E-state index in [0.29, 0.717) is 0 Å². The number of nitrogens with two attached hydrogens (primary N) is 1. The quantitative estimate of drug-likeness (QED) is 0.501. The molecule has 0 saturated carbocycles. The highest BCUT2D eigenvalue weighted by Gasteiger charge is 2.12. The van der Waals surface area contributed by atoms with Gasteiger partial charge in [0.15, 0.2) is 0 Å². The van der Waals surface area contributed by atoms with Gasteiger partial charge in [-0.05, 0) is 36.4 Å². The van der Waals surface area contributed by atoms with Crippen molar-refractivity contribution >= 4 is 34.7 Å². The highest BCUT2D eigenvalue weighted by atomic mass is 35.5. The van der Waals surface area contributed by atoms with Crippen LogP contribution in [0.25, 0.3) is 0 Å². The van der Waals surface area contributed by atoms with Crippen LogP contribution >= 0.6 is 34.7 Å². The molecule has 0 radical (unpaired) electrons. The van der Waals surface area contributed by atoms with Crippen molar-refractivity contribution in [1.82, 2.24) is 5.43 Å². The maximum absolute atomic E-state index is 12.8. The number of hydrogen-bond donors (Lipinski definition) is 2. The lowest BCUT2D eigenvalue weighted by Gasteiger charge is -2.13. The Kier molecular flexibility index (Phi) is 5.03. The fourth-order valence-corrected chi connectivity index (χ4v) is 3.63. The van der Waals surface area contributed by atoms with E-state index in [2.05, 4.69) is 5.43 Å². The van der Waals surface area contributed by atoms with Crippen molar-refractivity contribution in [3.05, 3.63) is 51.4 Å². The molecule has 2 nitrogen and oxygen atoms in total. The van der Waals surface area contributed by atoms with Crippen LogP contribution in [0.4, 0.5) is 4.39 Å². The maximum atomic E-state index is 12.8. The maximum Gasteiger partial charge on any atom is 0.123 e. The van der Waals surface area contributed by atoms with Crippen LogP contribution < -0.4 is 11.3 Å².